The molecule has 3 nitrogen and oxygen atoms in total. The zero-order chi connectivity index (χ0) is 18.1. The molecule has 1 aromatic carbocycles. The standard InChI is InChI=1S/C21H23FN2O/c1-5-6-14(3)20-15(4)24(12-16-10-17(25)11-16)23-21(20)18-8-7-13(2)9-19(18)22/h5-9,16H,1,10-12H2,2-4H3/b14-6-. The molecular weight excluding hydrogens is 315 g/mol. The SMILES string of the molecule is C=C/C=C(/C)c1c(-c2ccc(C)cc2F)nn(CC2CC(=O)C2)c1C. The highest BCUT2D eigenvalue weighted by molar-refractivity contribution is 5.84. The first-order valence-electron chi connectivity index (χ1n) is 8.56. The van der Waals surface area contributed by atoms with E-state index in [1.165, 1.54) is 6.07 Å². The second kappa shape index (κ2) is 6.79. The third-order valence-electron chi connectivity index (χ3n) is 4.81. The monoisotopic (exact) mass is 338 g/mol. The molecule has 0 saturated heterocycles. The van der Waals surface area contributed by atoms with Crippen LogP contribution in [0.2, 0.25) is 0 Å². The molecule has 0 N–H and O–H groups in total. The van der Waals surface area contributed by atoms with Crippen molar-refractivity contribution in [3.8, 4) is 11.3 Å². The summed E-state index contributed by atoms with van der Waals surface area (Å²) in [7, 11) is 0. The van der Waals surface area contributed by atoms with Gasteiger partial charge in [-0.15, -0.1) is 0 Å². The average Bonchev–Trinajstić information content (AvgIpc) is 2.83. The van der Waals surface area contributed by atoms with Gasteiger partial charge in [-0.3, -0.25) is 9.48 Å². The summed E-state index contributed by atoms with van der Waals surface area (Å²) in [6.07, 6.45) is 4.87. The minimum atomic E-state index is -0.267. The number of benzene rings is 1. The highest BCUT2D eigenvalue weighted by Crippen LogP contribution is 2.34. The van der Waals surface area contributed by atoms with Crippen LogP contribution in [0.15, 0.2) is 36.9 Å². The summed E-state index contributed by atoms with van der Waals surface area (Å²) < 4.78 is 16.5. The highest BCUT2D eigenvalue weighted by atomic mass is 19.1. The van der Waals surface area contributed by atoms with Gasteiger partial charge < -0.3 is 0 Å². The normalized spacial score (nSPS) is 15.4. The quantitative estimate of drug-likeness (QED) is 0.729. The fourth-order valence-electron chi connectivity index (χ4n) is 3.41. The minimum Gasteiger partial charge on any atom is -0.300 e. The van der Waals surface area contributed by atoms with E-state index in [0.717, 1.165) is 22.4 Å². The van der Waals surface area contributed by atoms with E-state index < -0.39 is 0 Å². The van der Waals surface area contributed by atoms with Crippen LogP contribution in [0.1, 0.15) is 36.6 Å². The molecule has 0 spiro atoms. The zero-order valence-electron chi connectivity index (χ0n) is 15.0. The van der Waals surface area contributed by atoms with Gasteiger partial charge >= 0.3 is 0 Å². The number of rotatable bonds is 5. The van der Waals surface area contributed by atoms with Gasteiger partial charge in [0, 0.05) is 36.2 Å². The highest BCUT2D eigenvalue weighted by Gasteiger charge is 2.29. The number of allylic oxidation sites excluding steroid dienone is 3. The predicted octanol–water partition coefficient (Wildman–Crippen LogP) is 4.87. The second-order valence-corrected chi connectivity index (χ2v) is 6.87. The first kappa shape index (κ1) is 17.3. The van der Waals surface area contributed by atoms with Crippen molar-refractivity contribution in [2.75, 3.05) is 0 Å². The van der Waals surface area contributed by atoms with Gasteiger partial charge in [0.25, 0.3) is 0 Å². The van der Waals surface area contributed by atoms with Crippen molar-refractivity contribution in [1.29, 1.82) is 0 Å². The van der Waals surface area contributed by atoms with Crippen molar-refractivity contribution in [3.63, 3.8) is 0 Å². The predicted molar refractivity (Wildman–Crippen MR) is 98.7 cm³/mol. The fraction of sp³-hybridized carbons (Fsp3) is 0.333. The Kier molecular flexibility index (Phi) is 4.71. The molecule has 0 radical (unpaired) electrons. The molecule has 1 aromatic heterocycles. The first-order valence-corrected chi connectivity index (χ1v) is 8.56. The summed E-state index contributed by atoms with van der Waals surface area (Å²) in [6.45, 7) is 10.3. The topological polar surface area (TPSA) is 34.9 Å². The Hall–Kier alpha value is -2.49. The van der Waals surface area contributed by atoms with E-state index in [1.807, 2.05) is 37.6 Å². The van der Waals surface area contributed by atoms with Crippen LogP contribution in [0.3, 0.4) is 0 Å². The minimum absolute atomic E-state index is 0.267. The molecule has 0 unspecified atom stereocenters. The van der Waals surface area contributed by atoms with E-state index in [1.54, 1.807) is 12.1 Å². The van der Waals surface area contributed by atoms with Gasteiger partial charge in [-0.2, -0.15) is 5.10 Å². The van der Waals surface area contributed by atoms with Crippen molar-refractivity contribution in [2.24, 2.45) is 5.92 Å². The third kappa shape index (κ3) is 3.34. The summed E-state index contributed by atoms with van der Waals surface area (Å²) in [5, 5.41) is 4.71. The zero-order valence-corrected chi connectivity index (χ0v) is 15.0. The van der Waals surface area contributed by atoms with Crippen LogP contribution >= 0.6 is 0 Å². The third-order valence-corrected chi connectivity index (χ3v) is 4.81. The summed E-state index contributed by atoms with van der Waals surface area (Å²) in [5.41, 5.74) is 4.96. The molecule has 1 saturated carbocycles. The van der Waals surface area contributed by atoms with Crippen molar-refractivity contribution >= 4 is 11.4 Å². The first-order chi connectivity index (χ1) is 11.9. The molecule has 1 fully saturated rings. The van der Waals surface area contributed by atoms with Crippen LogP contribution in [-0.4, -0.2) is 15.6 Å². The van der Waals surface area contributed by atoms with Crippen LogP contribution < -0.4 is 0 Å². The average molecular weight is 338 g/mol. The number of carbonyl (C=O) groups is 1. The van der Waals surface area contributed by atoms with Gasteiger partial charge in [-0.05, 0) is 50.0 Å². The van der Waals surface area contributed by atoms with E-state index in [-0.39, 0.29) is 5.82 Å². The maximum atomic E-state index is 14.6. The smallest absolute Gasteiger partial charge is 0.133 e. The Labute approximate surface area is 147 Å². The van der Waals surface area contributed by atoms with Gasteiger partial charge in [0.2, 0.25) is 0 Å². The molecule has 1 heterocycles. The van der Waals surface area contributed by atoms with Crippen molar-refractivity contribution in [3.05, 3.63) is 59.6 Å². The summed E-state index contributed by atoms with van der Waals surface area (Å²) in [4.78, 5) is 11.2. The molecule has 0 aliphatic heterocycles. The lowest BCUT2D eigenvalue weighted by Gasteiger charge is -2.24. The van der Waals surface area contributed by atoms with E-state index in [0.29, 0.717) is 42.3 Å². The van der Waals surface area contributed by atoms with E-state index >= 15 is 0 Å². The molecule has 1 aliphatic carbocycles. The number of aromatic nitrogens is 2. The number of ketones is 1. The summed E-state index contributed by atoms with van der Waals surface area (Å²) >= 11 is 0. The number of halogens is 1. The van der Waals surface area contributed by atoms with Crippen molar-refractivity contribution in [2.45, 2.75) is 40.2 Å². The Morgan fingerprint density at radius 1 is 1.40 bits per heavy atom. The van der Waals surface area contributed by atoms with Crippen LogP contribution in [0.5, 0.6) is 0 Å². The van der Waals surface area contributed by atoms with Gasteiger partial charge in [-0.25, -0.2) is 4.39 Å². The molecule has 25 heavy (non-hydrogen) atoms. The molecule has 130 valence electrons. The van der Waals surface area contributed by atoms with E-state index in [4.69, 9.17) is 5.10 Å². The molecular formula is C21H23FN2O. The van der Waals surface area contributed by atoms with Gasteiger partial charge in [0.15, 0.2) is 0 Å². The second-order valence-electron chi connectivity index (χ2n) is 6.87. The Morgan fingerprint density at radius 2 is 2.12 bits per heavy atom. The van der Waals surface area contributed by atoms with Crippen molar-refractivity contribution in [1.82, 2.24) is 9.78 Å². The molecule has 0 atom stereocenters. The molecule has 4 heteroatoms. The maximum Gasteiger partial charge on any atom is 0.133 e. The molecule has 0 amide bonds. The maximum absolute atomic E-state index is 14.6. The van der Waals surface area contributed by atoms with E-state index in [2.05, 4.69) is 6.58 Å². The van der Waals surface area contributed by atoms with Gasteiger partial charge in [0.1, 0.15) is 17.3 Å². The lowest BCUT2D eigenvalue weighted by atomic mass is 9.84. The molecule has 2 aromatic rings. The number of nitrogens with zero attached hydrogens (tertiary/aromatic N) is 2. The van der Waals surface area contributed by atoms with Crippen molar-refractivity contribution < 1.29 is 9.18 Å². The Bertz CT molecular complexity index is 868. The number of hydrogen-bond donors (Lipinski definition) is 0. The largest absolute Gasteiger partial charge is 0.300 e. The Morgan fingerprint density at radius 3 is 2.72 bits per heavy atom. The summed E-state index contributed by atoms with van der Waals surface area (Å²) in [6, 6.07) is 5.21. The number of aryl methyl sites for hydroxylation is 1. The van der Waals surface area contributed by atoms with Crippen LogP contribution in [0.4, 0.5) is 4.39 Å². The number of hydrogen-bond acceptors (Lipinski definition) is 2. The van der Waals surface area contributed by atoms with E-state index in [9.17, 15) is 9.18 Å². The Balaban J connectivity index is 2.10. The lowest BCUT2D eigenvalue weighted by molar-refractivity contribution is -0.127. The molecule has 1 aliphatic rings. The lowest BCUT2D eigenvalue weighted by Crippen LogP contribution is -2.28. The molecule has 0 bridgehead atoms. The number of carbonyl (C=O) groups excluding carboxylic acids is 1. The fourth-order valence-corrected chi connectivity index (χ4v) is 3.41. The van der Waals surface area contributed by atoms with Crippen LogP contribution in [-0.2, 0) is 11.3 Å². The van der Waals surface area contributed by atoms with Crippen LogP contribution in [0.25, 0.3) is 16.8 Å². The molecule has 3 rings (SSSR count). The van der Waals surface area contributed by atoms with Gasteiger partial charge in [-0.1, -0.05) is 24.8 Å². The summed E-state index contributed by atoms with van der Waals surface area (Å²) in [5.74, 6) is 0.372. The number of Topliss-reactive ketones (excluding diaryl/α,β-unsaturated/α-hetero) is 1. The van der Waals surface area contributed by atoms with Gasteiger partial charge in [0.05, 0.1) is 0 Å². The van der Waals surface area contributed by atoms with Crippen LogP contribution in [0, 0.1) is 25.6 Å².